The van der Waals surface area contributed by atoms with Crippen molar-refractivity contribution in [2.75, 3.05) is 29.4 Å². The van der Waals surface area contributed by atoms with Crippen LogP contribution in [-0.2, 0) is 11.2 Å². The Hall–Kier alpha value is -2.29. The molecule has 148 valence electrons. The van der Waals surface area contributed by atoms with Crippen molar-refractivity contribution in [2.45, 2.75) is 46.6 Å². The zero-order valence-corrected chi connectivity index (χ0v) is 17.6. The third-order valence-corrected chi connectivity index (χ3v) is 6.54. The number of carbonyl (C=O) groups is 1. The van der Waals surface area contributed by atoms with Crippen molar-refractivity contribution in [3.05, 3.63) is 59.7 Å². The minimum absolute atomic E-state index is 0.219. The number of hydrogen-bond donors (Lipinski definition) is 0. The average molecular weight is 377 g/mol. The van der Waals surface area contributed by atoms with Gasteiger partial charge in [-0.25, -0.2) is 0 Å². The van der Waals surface area contributed by atoms with Gasteiger partial charge < -0.3 is 9.80 Å². The van der Waals surface area contributed by atoms with Crippen LogP contribution in [0.25, 0.3) is 0 Å². The van der Waals surface area contributed by atoms with Crippen LogP contribution < -0.4 is 9.80 Å². The first kappa shape index (κ1) is 19.0. The van der Waals surface area contributed by atoms with Gasteiger partial charge in [0.05, 0.1) is 6.04 Å². The summed E-state index contributed by atoms with van der Waals surface area (Å²) in [5.41, 5.74) is 5.35. The van der Waals surface area contributed by atoms with Crippen molar-refractivity contribution in [3.63, 3.8) is 0 Å². The summed E-state index contributed by atoms with van der Waals surface area (Å²) in [6.07, 6.45) is 1.80. The van der Waals surface area contributed by atoms with Crippen LogP contribution in [0, 0.1) is 18.3 Å². The molecule has 5 rings (SSSR count). The summed E-state index contributed by atoms with van der Waals surface area (Å²) >= 11 is 0. The number of hydrogen-bond acceptors (Lipinski definition) is 3. The summed E-state index contributed by atoms with van der Waals surface area (Å²) < 4.78 is 0. The number of nitrogens with zero attached hydrogens (tertiary/aromatic N) is 2. The average Bonchev–Trinajstić information content (AvgIpc) is 2.89. The Morgan fingerprint density at radius 2 is 1.61 bits per heavy atom. The summed E-state index contributed by atoms with van der Waals surface area (Å²) in [5.74, 6) is 0.878. The predicted octanol–water partition coefficient (Wildman–Crippen LogP) is 4.87. The van der Waals surface area contributed by atoms with Crippen molar-refractivity contribution in [3.8, 4) is 0 Å². The van der Waals surface area contributed by atoms with Gasteiger partial charge in [0.25, 0.3) is 0 Å². The van der Waals surface area contributed by atoms with Crippen molar-refractivity contribution in [1.29, 1.82) is 0 Å². The van der Waals surface area contributed by atoms with Gasteiger partial charge in [-0.3, -0.25) is 4.79 Å². The van der Waals surface area contributed by atoms with E-state index in [1.54, 1.807) is 6.92 Å². The lowest BCUT2D eigenvalue weighted by atomic mass is 9.73. The number of piperidine rings is 1. The summed E-state index contributed by atoms with van der Waals surface area (Å²) in [4.78, 5) is 16.6. The molecule has 3 aliphatic rings. The lowest BCUT2D eigenvalue weighted by Gasteiger charge is -2.48. The second kappa shape index (κ2) is 7.27. The predicted molar refractivity (Wildman–Crippen MR) is 117 cm³/mol. The molecule has 0 aliphatic carbocycles. The van der Waals surface area contributed by atoms with Gasteiger partial charge in [0, 0.05) is 37.4 Å². The summed E-state index contributed by atoms with van der Waals surface area (Å²) in [6, 6.07) is 18.2. The number of rotatable bonds is 4. The van der Waals surface area contributed by atoms with Gasteiger partial charge in [0.2, 0.25) is 0 Å². The molecule has 28 heavy (non-hydrogen) atoms. The van der Waals surface area contributed by atoms with Crippen LogP contribution in [0.1, 0.15) is 38.3 Å². The third kappa shape index (κ3) is 3.80. The lowest BCUT2D eigenvalue weighted by molar-refractivity contribution is -0.116. The van der Waals surface area contributed by atoms with E-state index in [9.17, 15) is 4.79 Å². The minimum atomic E-state index is 0.219. The Kier molecular flexibility index (Phi) is 4.95. The Balaban J connectivity index is 1.60. The molecule has 2 aromatic rings. The molecule has 0 saturated carbocycles. The van der Waals surface area contributed by atoms with Crippen LogP contribution >= 0.6 is 0 Å². The molecule has 0 N–H and O–H groups in total. The van der Waals surface area contributed by atoms with Crippen LogP contribution in [0.5, 0.6) is 0 Å². The highest BCUT2D eigenvalue weighted by atomic mass is 16.1. The number of fused-ring (bicyclic) bond motifs is 4. The van der Waals surface area contributed by atoms with Gasteiger partial charge in [-0.1, -0.05) is 43.7 Å². The maximum absolute atomic E-state index is 11.4. The van der Waals surface area contributed by atoms with E-state index < -0.39 is 0 Å². The molecule has 2 atom stereocenters. The monoisotopic (exact) mass is 376 g/mol. The van der Waals surface area contributed by atoms with E-state index in [1.165, 1.54) is 23.4 Å². The molecule has 3 heteroatoms. The molecule has 3 fully saturated rings. The normalized spacial score (nSPS) is 23.6. The molecule has 3 heterocycles. The number of ketones is 1. The first-order valence-corrected chi connectivity index (χ1v) is 10.5. The van der Waals surface area contributed by atoms with Gasteiger partial charge in [-0.05, 0) is 61.4 Å². The van der Waals surface area contributed by atoms with Gasteiger partial charge >= 0.3 is 0 Å². The van der Waals surface area contributed by atoms with Crippen LogP contribution in [-0.4, -0.2) is 31.5 Å². The Labute approximate surface area is 169 Å². The number of anilines is 2. The molecule has 0 spiro atoms. The Bertz CT molecular complexity index is 838. The fraction of sp³-hybridized carbons (Fsp3) is 0.480. The number of aryl methyl sites for hydroxylation is 1. The zero-order chi connectivity index (χ0) is 19.9. The quantitative estimate of drug-likeness (QED) is 0.761. The van der Waals surface area contributed by atoms with E-state index in [0.717, 1.165) is 25.2 Å². The van der Waals surface area contributed by atoms with E-state index >= 15 is 0 Å². The second-order valence-corrected chi connectivity index (χ2v) is 9.51. The van der Waals surface area contributed by atoms with Crippen LogP contribution in [0.2, 0.25) is 0 Å². The first-order valence-electron chi connectivity index (χ1n) is 10.5. The standard InChI is InChI=1S/C25H32N2O/c1-18-5-9-23(10-6-18)27-16-21-14-25(3,4)24(27)17-26(15-21)22-11-7-20(8-12-22)13-19(2)28/h5-12,21,24H,13-17H2,1-4H3/t21-,24-/m1/s1. The van der Waals surface area contributed by atoms with Crippen molar-refractivity contribution < 1.29 is 4.79 Å². The SMILES string of the molecule is CC(=O)Cc1ccc(N2C[C@@H]3CN(c4ccc(C)cc4)[C@H](C2)C(C)(C)C3)cc1. The molecule has 0 radical (unpaired) electrons. The topological polar surface area (TPSA) is 23.6 Å². The molecule has 2 bridgehead atoms. The molecule has 3 aliphatic heterocycles. The zero-order valence-electron chi connectivity index (χ0n) is 17.6. The highest BCUT2D eigenvalue weighted by Crippen LogP contribution is 2.44. The number of Topliss-reactive ketones (excluding diaryl/α,β-unsaturated/α-hetero) is 1. The molecule has 0 amide bonds. The second-order valence-electron chi connectivity index (χ2n) is 9.51. The van der Waals surface area contributed by atoms with Crippen LogP contribution in [0.15, 0.2) is 48.5 Å². The summed E-state index contributed by atoms with van der Waals surface area (Å²) in [5, 5.41) is 0. The minimum Gasteiger partial charge on any atom is -0.369 e. The maximum Gasteiger partial charge on any atom is 0.134 e. The molecular weight excluding hydrogens is 344 g/mol. The van der Waals surface area contributed by atoms with Gasteiger partial charge in [-0.2, -0.15) is 0 Å². The van der Waals surface area contributed by atoms with E-state index in [2.05, 4.69) is 79.1 Å². The summed E-state index contributed by atoms with van der Waals surface area (Å²) in [7, 11) is 0. The Morgan fingerprint density at radius 1 is 0.964 bits per heavy atom. The highest BCUT2D eigenvalue weighted by molar-refractivity contribution is 5.78. The first-order chi connectivity index (χ1) is 13.3. The van der Waals surface area contributed by atoms with E-state index in [4.69, 9.17) is 0 Å². The van der Waals surface area contributed by atoms with Gasteiger partial charge in [0.15, 0.2) is 0 Å². The fourth-order valence-corrected chi connectivity index (χ4v) is 5.18. The van der Waals surface area contributed by atoms with Gasteiger partial charge in [0.1, 0.15) is 5.78 Å². The smallest absolute Gasteiger partial charge is 0.134 e. The van der Waals surface area contributed by atoms with Gasteiger partial charge in [-0.15, -0.1) is 0 Å². The molecular formula is C25H32N2O. The fourth-order valence-electron chi connectivity index (χ4n) is 5.18. The van der Waals surface area contributed by atoms with Crippen molar-refractivity contribution in [2.24, 2.45) is 11.3 Å². The molecule has 3 saturated heterocycles. The third-order valence-electron chi connectivity index (χ3n) is 6.54. The van der Waals surface area contributed by atoms with Crippen molar-refractivity contribution >= 4 is 17.2 Å². The molecule has 3 nitrogen and oxygen atoms in total. The highest BCUT2D eigenvalue weighted by Gasteiger charge is 2.45. The largest absolute Gasteiger partial charge is 0.369 e. The maximum atomic E-state index is 11.4. The van der Waals surface area contributed by atoms with Crippen molar-refractivity contribution in [1.82, 2.24) is 0 Å². The number of benzene rings is 2. The lowest BCUT2D eigenvalue weighted by Crippen LogP contribution is -2.53. The van der Waals surface area contributed by atoms with Crippen LogP contribution in [0.3, 0.4) is 0 Å². The van der Waals surface area contributed by atoms with E-state index in [1.807, 2.05) is 0 Å². The summed E-state index contributed by atoms with van der Waals surface area (Å²) in [6.45, 7) is 12.0. The molecule has 2 aromatic carbocycles. The Morgan fingerprint density at radius 3 is 2.25 bits per heavy atom. The number of carbonyl (C=O) groups excluding carboxylic acids is 1. The van der Waals surface area contributed by atoms with E-state index in [0.29, 0.717) is 18.4 Å². The van der Waals surface area contributed by atoms with E-state index in [-0.39, 0.29) is 11.2 Å². The van der Waals surface area contributed by atoms with Crippen LogP contribution in [0.4, 0.5) is 11.4 Å². The molecule has 0 aromatic heterocycles. The molecule has 0 unspecified atom stereocenters.